The molecule has 1 aliphatic carbocycles. The molecule has 1 saturated carbocycles. The van der Waals surface area contributed by atoms with Gasteiger partial charge in [-0.15, -0.1) is 0 Å². The van der Waals surface area contributed by atoms with Crippen molar-refractivity contribution in [2.45, 2.75) is 38.0 Å². The van der Waals surface area contributed by atoms with Crippen molar-refractivity contribution in [3.8, 4) is 12.1 Å². The molecule has 0 unspecified atom stereocenters. The van der Waals surface area contributed by atoms with Gasteiger partial charge in [-0.3, -0.25) is 0 Å². The third-order valence-corrected chi connectivity index (χ3v) is 3.78. The summed E-state index contributed by atoms with van der Waals surface area (Å²) in [5.74, 6) is 0.610. The lowest BCUT2D eigenvalue weighted by molar-refractivity contribution is 0.287. The lowest BCUT2D eigenvalue weighted by atomic mass is 9.67. The van der Waals surface area contributed by atoms with Crippen molar-refractivity contribution < 1.29 is 0 Å². The first-order chi connectivity index (χ1) is 8.20. The van der Waals surface area contributed by atoms with Crippen LogP contribution in [0.5, 0.6) is 0 Å². The van der Waals surface area contributed by atoms with Gasteiger partial charge >= 0.3 is 0 Å². The van der Waals surface area contributed by atoms with Crippen molar-refractivity contribution in [2.24, 2.45) is 5.92 Å². The number of hydrogen-bond acceptors (Lipinski definition) is 2. The molecule has 0 spiro atoms. The molecule has 0 N–H and O–H groups in total. The molecule has 2 heteroatoms. The van der Waals surface area contributed by atoms with Crippen LogP contribution in [0.3, 0.4) is 0 Å². The van der Waals surface area contributed by atoms with Gasteiger partial charge in [0.25, 0.3) is 0 Å². The third kappa shape index (κ3) is 2.17. The van der Waals surface area contributed by atoms with E-state index in [-0.39, 0.29) is 5.41 Å². The Kier molecular flexibility index (Phi) is 3.16. The SMILES string of the molecule is C[C@@H]1CCC[C@](C#N)(c2ccc(C#N)cc2)C1. The molecule has 86 valence electrons. The highest BCUT2D eigenvalue weighted by Gasteiger charge is 2.36. The Morgan fingerprint density at radius 2 is 1.94 bits per heavy atom. The maximum absolute atomic E-state index is 9.52. The quantitative estimate of drug-likeness (QED) is 0.732. The predicted octanol–water partition coefficient (Wildman–Crippen LogP) is 3.53. The summed E-state index contributed by atoms with van der Waals surface area (Å²) in [6.45, 7) is 2.22. The molecular weight excluding hydrogens is 208 g/mol. The van der Waals surface area contributed by atoms with Gasteiger partial charge in [-0.05, 0) is 36.5 Å². The fourth-order valence-corrected chi connectivity index (χ4v) is 2.84. The summed E-state index contributed by atoms with van der Waals surface area (Å²) in [5, 5.41) is 18.3. The van der Waals surface area contributed by atoms with Crippen molar-refractivity contribution in [3.05, 3.63) is 35.4 Å². The molecule has 1 aromatic carbocycles. The van der Waals surface area contributed by atoms with Crippen LogP contribution >= 0.6 is 0 Å². The Bertz CT molecular complexity index is 475. The zero-order chi connectivity index (χ0) is 12.3. The second kappa shape index (κ2) is 4.60. The molecule has 0 bridgehead atoms. The number of nitrogens with zero attached hydrogens (tertiary/aromatic N) is 2. The molecule has 0 aliphatic heterocycles. The van der Waals surface area contributed by atoms with E-state index in [1.54, 1.807) is 0 Å². The van der Waals surface area contributed by atoms with Crippen LogP contribution in [0.4, 0.5) is 0 Å². The van der Waals surface area contributed by atoms with E-state index in [4.69, 9.17) is 5.26 Å². The Hall–Kier alpha value is -1.80. The van der Waals surface area contributed by atoms with Gasteiger partial charge in [-0.25, -0.2) is 0 Å². The van der Waals surface area contributed by atoms with Crippen LogP contribution in [0, 0.1) is 28.6 Å². The van der Waals surface area contributed by atoms with Gasteiger partial charge in [0, 0.05) is 0 Å². The fraction of sp³-hybridized carbons (Fsp3) is 0.467. The summed E-state index contributed by atoms with van der Waals surface area (Å²) >= 11 is 0. The molecular formula is C15H16N2. The van der Waals surface area contributed by atoms with Gasteiger partial charge in [0.15, 0.2) is 0 Å². The van der Waals surface area contributed by atoms with Crippen LogP contribution in [0.25, 0.3) is 0 Å². The van der Waals surface area contributed by atoms with Gasteiger partial charge in [0.05, 0.1) is 23.1 Å². The van der Waals surface area contributed by atoms with E-state index in [9.17, 15) is 5.26 Å². The molecule has 2 nitrogen and oxygen atoms in total. The summed E-state index contributed by atoms with van der Waals surface area (Å²) < 4.78 is 0. The monoisotopic (exact) mass is 224 g/mol. The van der Waals surface area contributed by atoms with E-state index in [1.807, 2.05) is 24.3 Å². The van der Waals surface area contributed by atoms with Crippen molar-refractivity contribution in [1.29, 1.82) is 10.5 Å². The van der Waals surface area contributed by atoms with Crippen LogP contribution in [0.2, 0.25) is 0 Å². The van der Waals surface area contributed by atoms with E-state index >= 15 is 0 Å². The largest absolute Gasteiger partial charge is 0.197 e. The molecule has 0 heterocycles. The van der Waals surface area contributed by atoms with Crippen LogP contribution in [-0.2, 0) is 5.41 Å². The standard InChI is InChI=1S/C15H16N2/c1-12-3-2-8-15(9-12,11-17)14-6-4-13(10-16)5-7-14/h4-7,12H,2-3,8-9H2,1H3/t12-,15+/m1/s1. The highest BCUT2D eigenvalue weighted by atomic mass is 14.4. The minimum atomic E-state index is -0.328. The first-order valence-electron chi connectivity index (χ1n) is 6.12. The molecule has 1 aliphatic rings. The minimum absolute atomic E-state index is 0.328. The third-order valence-electron chi connectivity index (χ3n) is 3.78. The maximum atomic E-state index is 9.52. The summed E-state index contributed by atoms with van der Waals surface area (Å²) in [4.78, 5) is 0. The molecule has 2 rings (SSSR count). The number of hydrogen-bond donors (Lipinski definition) is 0. The average Bonchev–Trinajstić information content (AvgIpc) is 2.38. The lowest BCUT2D eigenvalue weighted by Gasteiger charge is -2.34. The van der Waals surface area contributed by atoms with Crippen LogP contribution in [-0.4, -0.2) is 0 Å². The van der Waals surface area contributed by atoms with E-state index in [2.05, 4.69) is 19.1 Å². The molecule has 0 aromatic heterocycles. The zero-order valence-electron chi connectivity index (χ0n) is 10.1. The van der Waals surface area contributed by atoms with E-state index in [0.29, 0.717) is 11.5 Å². The van der Waals surface area contributed by atoms with Crippen molar-refractivity contribution in [2.75, 3.05) is 0 Å². The van der Waals surface area contributed by atoms with Gasteiger partial charge in [-0.2, -0.15) is 10.5 Å². The predicted molar refractivity (Wildman–Crippen MR) is 66.1 cm³/mol. The molecule has 0 saturated heterocycles. The molecule has 17 heavy (non-hydrogen) atoms. The van der Waals surface area contributed by atoms with Crippen molar-refractivity contribution in [3.63, 3.8) is 0 Å². The van der Waals surface area contributed by atoms with Gasteiger partial charge in [-0.1, -0.05) is 31.9 Å². The molecule has 1 aromatic rings. The Morgan fingerprint density at radius 1 is 1.24 bits per heavy atom. The molecule has 2 atom stereocenters. The first-order valence-corrected chi connectivity index (χ1v) is 6.12. The summed E-state index contributed by atoms with van der Waals surface area (Å²) in [6.07, 6.45) is 4.23. The van der Waals surface area contributed by atoms with E-state index in [0.717, 1.165) is 24.8 Å². The second-order valence-electron chi connectivity index (χ2n) is 5.08. The Balaban J connectivity index is 2.35. The van der Waals surface area contributed by atoms with Crippen LogP contribution in [0.1, 0.15) is 43.7 Å². The first kappa shape index (κ1) is 11.7. The van der Waals surface area contributed by atoms with Crippen molar-refractivity contribution >= 4 is 0 Å². The Labute approximate surface area is 102 Å². The second-order valence-corrected chi connectivity index (χ2v) is 5.08. The highest BCUT2D eigenvalue weighted by Crippen LogP contribution is 2.41. The smallest absolute Gasteiger partial charge is 0.0991 e. The van der Waals surface area contributed by atoms with Gasteiger partial charge in [0.1, 0.15) is 0 Å². The van der Waals surface area contributed by atoms with E-state index in [1.165, 1.54) is 6.42 Å². The fourth-order valence-electron chi connectivity index (χ4n) is 2.84. The summed E-state index contributed by atoms with van der Waals surface area (Å²) in [6, 6.07) is 12.1. The van der Waals surface area contributed by atoms with Gasteiger partial charge in [0.2, 0.25) is 0 Å². The topological polar surface area (TPSA) is 47.6 Å². The molecule has 1 fully saturated rings. The average molecular weight is 224 g/mol. The summed E-state index contributed by atoms with van der Waals surface area (Å²) in [5.41, 5.74) is 1.40. The molecule has 0 amide bonds. The van der Waals surface area contributed by atoms with Crippen LogP contribution in [0.15, 0.2) is 24.3 Å². The molecule has 0 radical (unpaired) electrons. The number of nitriles is 2. The number of rotatable bonds is 1. The summed E-state index contributed by atoms with van der Waals surface area (Å²) in [7, 11) is 0. The number of benzene rings is 1. The maximum Gasteiger partial charge on any atom is 0.0991 e. The Morgan fingerprint density at radius 3 is 2.47 bits per heavy atom. The van der Waals surface area contributed by atoms with E-state index < -0.39 is 0 Å². The minimum Gasteiger partial charge on any atom is -0.197 e. The zero-order valence-corrected chi connectivity index (χ0v) is 10.1. The van der Waals surface area contributed by atoms with Gasteiger partial charge < -0.3 is 0 Å². The van der Waals surface area contributed by atoms with Crippen LogP contribution < -0.4 is 0 Å². The van der Waals surface area contributed by atoms with Crippen molar-refractivity contribution in [1.82, 2.24) is 0 Å². The highest BCUT2D eigenvalue weighted by molar-refractivity contribution is 5.38. The lowest BCUT2D eigenvalue weighted by Crippen LogP contribution is -2.30. The normalized spacial score (nSPS) is 28.1.